The van der Waals surface area contributed by atoms with E-state index in [4.69, 9.17) is 15.2 Å². The van der Waals surface area contributed by atoms with Gasteiger partial charge in [0.05, 0.1) is 0 Å². The Kier molecular flexibility index (Phi) is 12.4. The van der Waals surface area contributed by atoms with Gasteiger partial charge in [-0.3, -0.25) is 19.4 Å². The number of rotatable bonds is 6. The van der Waals surface area contributed by atoms with Crippen molar-refractivity contribution in [1.82, 2.24) is 19.6 Å². The first-order chi connectivity index (χ1) is 23.3. The van der Waals surface area contributed by atoms with E-state index in [1.807, 2.05) is 60.7 Å². The first-order valence-electron chi connectivity index (χ1n) is 17.1. The minimum Gasteiger partial charge on any atom is -0.445 e. The second-order valence-electron chi connectivity index (χ2n) is 12.9. The van der Waals surface area contributed by atoms with Crippen molar-refractivity contribution in [3.8, 4) is 0 Å². The van der Waals surface area contributed by atoms with E-state index in [0.717, 1.165) is 56.1 Å². The molecule has 2 N–H and O–H groups in total. The molecule has 1 aliphatic carbocycles. The summed E-state index contributed by atoms with van der Waals surface area (Å²) in [6.07, 6.45) is 6.57. The van der Waals surface area contributed by atoms with Gasteiger partial charge in [0.1, 0.15) is 19.6 Å². The molecule has 12 nitrogen and oxygen atoms in total. The molecule has 6 rings (SSSR count). The minimum atomic E-state index is -0.474. The summed E-state index contributed by atoms with van der Waals surface area (Å²) in [4.78, 5) is 68.2. The van der Waals surface area contributed by atoms with E-state index in [1.54, 1.807) is 9.80 Å². The van der Waals surface area contributed by atoms with E-state index in [1.165, 1.54) is 9.80 Å². The van der Waals surface area contributed by atoms with Crippen LogP contribution >= 0.6 is 0 Å². The molecule has 1 saturated carbocycles. The van der Waals surface area contributed by atoms with Crippen LogP contribution in [0.5, 0.6) is 0 Å². The maximum Gasteiger partial charge on any atom is 0.410 e. The molecule has 0 unspecified atom stereocenters. The van der Waals surface area contributed by atoms with Gasteiger partial charge < -0.3 is 25.0 Å². The quantitative estimate of drug-likeness (QED) is 0.424. The third-order valence-electron chi connectivity index (χ3n) is 9.49. The van der Waals surface area contributed by atoms with Gasteiger partial charge in [-0.15, -0.1) is 0 Å². The summed E-state index contributed by atoms with van der Waals surface area (Å²) >= 11 is 0. The number of ether oxygens (including phenoxy) is 2. The van der Waals surface area contributed by atoms with Gasteiger partial charge in [-0.1, -0.05) is 79.9 Å². The van der Waals surface area contributed by atoms with E-state index >= 15 is 0 Å². The topological polar surface area (TPSA) is 143 Å². The largest absolute Gasteiger partial charge is 0.445 e. The zero-order chi connectivity index (χ0) is 33.9. The number of likely N-dealkylation sites (tertiary alicyclic amines) is 2. The summed E-state index contributed by atoms with van der Waals surface area (Å²) < 4.78 is 10.6. The van der Waals surface area contributed by atoms with E-state index in [9.17, 15) is 24.0 Å². The van der Waals surface area contributed by atoms with Crippen molar-refractivity contribution in [1.29, 1.82) is 0 Å². The Hall–Kier alpha value is -4.45. The van der Waals surface area contributed by atoms with Gasteiger partial charge in [-0.05, 0) is 49.7 Å². The maximum atomic E-state index is 13.1. The molecule has 4 fully saturated rings. The lowest BCUT2D eigenvalue weighted by atomic mass is 9.93. The Morgan fingerprint density at radius 3 is 1.48 bits per heavy atom. The van der Waals surface area contributed by atoms with Gasteiger partial charge in [0.2, 0.25) is 11.8 Å². The third kappa shape index (κ3) is 9.33. The number of carbonyl (C=O) groups is 5. The van der Waals surface area contributed by atoms with E-state index in [-0.39, 0.29) is 43.2 Å². The van der Waals surface area contributed by atoms with Gasteiger partial charge in [0, 0.05) is 44.3 Å². The predicted molar refractivity (Wildman–Crippen MR) is 177 cm³/mol. The van der Waals surface area contributed by atoms with Crippen LogP contribution in [0, 0.1) is 0 Å². The molecular formula is C36H47N5O7. The minimum absolute atomic E-state index is 0.0996. The molecule has 6 amide bonds. The van der Waals surface area contributed by atoms with Crippen LogP contribution < -0.4 is 5.73 Å². The molecule has 2 aromatic rings. The predicted octanol–water partition coefficient (Wildman–Crippen LogP) is 5.05. The maximum absolute atomic E-state index is 13.1. The van der Waals surface area contributed by atoms with Gasteiger partial charge >= 0.3 is 18.2 Å². The van der Waals surface area contributed by atoms with Crippen LogP contribution in [0.15, 0.2) is 60.7 Å². The molecule has 12 heteroatoms. The van der Waals surface area contributed by atoms with Crippen molar-refractivity contribution < 1.29 is 33.4 Å². The number of amides is 6. The molecule has 3 saturated heterocycles. The van der Waals surface area contributed by atoms with E-state index < -0.39 is 18.0 Å². The smallest absolute Gasteiger partial charge is 0.410 e. The van der Waals surface area contributed by atoms with Crippen molar-refractivity contribution in [3.63, 3.8) is 0 Å². The molecule has 2 aromatic carbocycles. The molecule has 3 aliphatic heterocycles. The molecule has 258 valence electrons. The van der Waals surface area contributed by atoms with Crippen molar-refractivity contribution in [2.24, 2.45) is 5.73 Å². The third-order valence-corrected chi connectivity index (χ3v) is 9.49. The Morgan fingerprint density at radius 2 is 1.02 bits per heavy atom. The number of barbiturate groups is 1. The molecule has 0 bridgehead atoms. The first-order valence-corrected chi connectivity index (χ1v) is 17.1. The summed E-state index contributed by atoms with van der Waals surface area (Å²) in [7, 11) is 0. The lowest BCUT2D eigenvalue weighted by Gasteiger charge is -2.43. The molecule has 0 aromatic heterocycles. The number of nitrogens with two attached hydrogens (primary N) is 1. The van der Waals surface area contributed by atoms with Crippen LogP contribution in [-0.2, 0) is 32.3 Å². The highest BCUT2D eigenvalue weighted by Crippen LogP contribution is 2.29. The summed E-state index contributed by atoms with van der Waals surface area (Å²) in [6, 6.07) is 18.5. The van der Waals surface area contributed by atoms with Gasteiger partial charge in [-0.2, -0.15) is 0 Å². The zero-order valence-corrected chi connectivity index (χ0v) is 27.5. The Balaban J connectivity index is 0.000000224. The number of hydrogen-bond acceptors (Lipinski definition) is 8. The fourth-order valence-corrected chi connectivity index (χ4v) is 6.70. The average molecular weight is 662 g/mol. The van der Waals surface area contributed by atoms with E-state index in [0.29, 0.717) is 45.6 Å². The molecular weight excluding hydrogens is 614 g/mol. The summed E-state index contributed by atoms with van der Waals surface area (Å²) in [6.45, 7) is 2.77. The highest BCUT2D eigenvalue weighted by Gasteiger charge is 2.45. The lowest BCUT2D eigenvalue weighted by Crippen LogP contribution is -2.62. The molecule has 48 heavy (non-hydrogen) atoms. The Labute approximate surface area is 282 Å². The lowest BCUT2D eigenvalue weighted by molar-refractivity contribution is -0.146. The van der Waals surface area contributed by atoms with Crippen LogP contribution in [-0.4, -0.2) is 93.9 Å². The van der Waals surface area contributed by atoms with Crippen molar-refractivity contribution >= 4 is 30.0 Å². The van der Waals surface area contributed by atoms with Crippen molar-refractivity contribution in [3.05, 3.63) is 71.8 Å². The van der Waals surface area contributed by atoms with Crippen molar-refractivity contribution in [2.45, 2.75) is 95.5 Å². The number of urea groups is 1. The number of hydrogen-bond donors (Lipinski definition) is 1. The van der Waals surface area contributed by atoms with Crippen LogP contribution in [0.4, 0.5) is 14.4 Å². The van der Waals surface area contributed by atoms with Crippen LogP contribution in [0.1, 0.15) is 75.3 Å². The second kappa shape index (κ2) is 17.1. The van der Waals surface area contributed by atoms with Gasteiger partial charge in [0.25, 0.3) is 0 Å². The monoisotopic (exact) mass is 661 g/mol. The normalized spacial score (nSPS) is 19.9. The number of piperidine rings is 2. The average Bonchev–Trinajstić information content (AvgIpc) is 3.11. The Morgan fingerprint density at radius 1 is 0.604 bits per heavy atom. The van der Waals surface area contributed by atoms with Crippen molar-refractivity contribution in [2.75, 3.05) is 26.2 Å². The fourth-order valence-electron chi connectivity index (χ4n) is 6.70. The van der Waals surface area contributed by atoms with Gasteiger partial charge in [0.15, 0.2) is 0 Å². The van der Waals surface area contributed by atoms with Crippen LogP contribution in [0.3, 0.4) is 0 Å². The highest BCUT2D eigenvalue weighted by molar-refractivity contribution is 6.14. The van der Waals surface area contributed by atoms with E-state index in [2.05, 4.69) is 0 Å². The SMILES string of the molecule is NC1CCN(C(=O)OCc2ccccc2)CC1.O=C(OCc1ccccc1)N1CCC(N2C(=O)CC(=O)N(C3CCCCC3)C2=O)CC1. The summed E-state index contributed by atoms with van der Waals surface area (Å²) in [5, 5.41) is 0. The number of nitrogens with zero attached hydrogens (tertiary/aromatic N) is 4. The van der Waals surface area contributed by atoms with Crippen LogP contribution in [0.2, 0.25) is 0 Å². The number of benzene rings is 2. The number of carbonyl (C=O) groups excluding carboxylic acids is 5. The first kappa shape index (κ1) is 34.9. The fraction of sp³-hybridized carbons (Fsp3) is 0.528. The number of imide groups is 2. The molecule has 4 aliphatic rings. The molecule has 3 heterocycles. The second-order valence-corrected chi connectivity index (χ2v) is 12.9. The van der Waals surface area contributed by atoms with Gasteiger partial charge in [-0.25, -0.2) is 14.4 Å². The van der Waals surface area contributed by atoms with Crippen LogP contribution in [0.25, 0.3) is 0 Å². The molecule has 0 spiro atoms. The molecule has 0 atom stereocenters. The highest BCUT2D eigenvalue weighted by atomic mass is 16.6. The Bertz CT molecular complexity index is 1390. The standard InChI is InChI=1S/C23H29N3O5.C13H18N2O2/c27-20-15-21(28)26(22(29)25(20)18-9-5-2-6-10-18)19-11-13-24(14-12-19)23(30)31-16-17-7-3-1-4-8-17;14-12-6-8-15(9-7-12)13(16)17-10-11-4-2-1-3-5-11/h1,3-4,7-8,18-19H,2,5-6,9-16H2;1-5,12H,6-10,14H2. The molecule has 0 radical (unpaired) electrons. The summed E-state index contributed by atoms with van der Waals surface area (Å²) in [5.74, 6) is -0.799. The summed E-state index contributed by atoms with van der Waals surface area (Å²) in [5.41, 5.74) is 7.71. The zero-order valence-electron chi connectivity index (χ0n) is 27.5.